The minimum absolute atomic E-state index is 0.0801. The Labute approximate surface area is 135 Å². The van der Waals surface area contributed by atoms with Crippen LogP contribution in [0.3, 0.4) is 0 Å². The van der Waals surface area contributed by atoms with Crippen LogP contribution in [-0.2, 0) is 21.6 Å². The van der Waals surface area contributed by atoms with Crippen molar-refractivity contribution in [2.24, 2.45) is 0 Å². The molecule has 0 atom stereocenters. The van der Waals surface area contributed by atoms with Gasteiger partial charge < -0.3 is 0 Å². The second-order valence-corrected chi connectivity index (χ2v) is 14.5. The number of hydrogen-bond acceptors (Lipinski definition) is 2. The molecule has 0 saturated carbocycles. The minimum atomic E-state index is -3.29. The van der Waals surface area contributed by atoms with Crippen LogP contribution < -0.4 is 0 Å². The molecule has 2 aromatic carbocycles. The van der Waals surface area contributed by atoms with E-state index in [0.29, 0.717) is 4.90 Å². The molecule has 4 heteroatoms. The van der Waals surface area contributed by atoms with Crippen molar-refractivity contribution < 1.29 is 8.42 Å². The zero-order chi connectivity index (χ0) is 16.4. The van der Waals surface area contributed by atoms with Gasteiger partial charge in [0.05, 0.1) is 10.6 Å². The molecule has 0 spiro atoms. The van der Waals surface area contributed by atoms with Gasteiger partial charge in [0.25, 0.3) is 0 Å². The van der Waals surface area contributed by atoms with E-state index in [9.17, 15) is 8.42 Å². The second-order valence-electron chi connectivity index (χ2n) is 7.08. The molecule has 2 nitrogen and oxygen atoms in total. The Balaban J connectivity index is 2.32. The Hall–Kier alpha value is -1.39. The van der Waals surface area contributed by atoms with Crippen LogP contribution in [0.5, 0.6) is 0 Å². The van der Waals surface area contributed by atoms with Crippen LogP contribution >= 0.6 is 0 Å². The molecule has 0 aromatic heterocycles. The van der Waals surface area contributed by atoms with Crippen molar-refractivity contribution in [2.75, 3.05) is 0 Å². The van der Waals surface area contributed by atoms with Gasteiger partial charge in [0, 0.05) is 8.07 Å². The molecule has 0 N–H and O–H groups in total. The van der Waals surface area contributed by atoms with Gasteiger partial charge in [-0.05, 0) is 36.2 Å². The smallest absolute Gasteiger partial charge is 0.182 e. The van der Waals surface area contributed by atoms with Crippen LogP contribution in [0.4, 0.5) is 0 Å². The van der Waals surface area contributed by atoms with Crippen LogP contribution in [-0.4, -0.2) is 16.5 Å². The largest absolute Gasteiger partial charge is 0.223 e. The third-order valence-corrected chi connectivity index (χ3v) is 6.69. The van der Waals surface area contributed by atoms with Crippen molar-refractivity contribution in [1.29, 1.82) is 0 Å². The molecule has 0 amide bonds. The summed E-state index contributed by atoms with van der Waals surface area (Å²) >= 11 is 0. The summed E-state index contributed by atoms with van der Waals surface area (Å²) in [4.78, 5) is 0.404. The van der Waals surface area contributed by atoms with Crippen LogP contribution in [0.25, 0.3) is 0 Å². The van der Waals surface area contributed by atoms with Gasteiger partial charge in [-0.2, -0.15) is 0 Å². The van der Waals surface area contributed by atoms with Crippen LogP contribution in [0.2, 0.25) is 19.6 Å². The highest BCUT2D eigenvalue weighted by molar-refractivity contribution is 7.90. The summed E-state index contributed by atoms with van der Waals surface area (Å²) in [7, 11) is -4.58. The first-order valence-electron chi connectivity index (χ1n) is 7.54. The number of sulfone groups is 1. The summed E-state index contributed by atoms with van der Waals surface area (Å²) in [5.74, 6) is 0.0801. The highest BCUT2D eigenvalue weighted by Crippen LogP contribution is 2.22. The molecule has 0 radical (unpaired) electrons. The SMILES string of the molecule is Cc1ccc(S(=O)(=O)Cc2ccccc2C[Si](C)(C)C)cc1. The van der Waals surface area contributed by atoms with E-state index in [2.05, 4.69) is 25.7 Å². The number of aryl methyl sites for hydroxylation is 1. The van der Waals surface area contributed by atoms with E-state index >= 15 is 0 Å². The third kappa shape index (κ3) is 4.55. The maximum atomic E-state index is 12.6. The maximum Gasteiger partial charge on any atom is 0.182 e. The topological polar surface area (TPSA) is 34.1 Å². The van der Waals surface area contributed by atoms with Crippen molar-refractivity contribution in [2.45, 2.75) is 43.3 Å². The molecule has 22 heavy (non-hydrogen) atoms. The Morgan fingerprint density at radius 1 is 0.864 bits per heavy atom. The first kappa shape index (κ1) is 17.0. The fourth-order valence-electron chi connectivity index (χ4n) is 2.48. The lowest BCUT2D eigenvalue weighted by Crippen LogP contribution is -2.25. The van der Waals surface area contributed by atoms with Crippen molar-refractivity contribution in [1.82, 2.24) is 0 Å². The first-order valence-corrected chi connectivity index (χ1v) is 12.9. The predicted octanol–water partition coefficient (Wildman–Crippen LogP) is 4.39. The average molecular weight is 333 g/mol. The fourth-order valence-corrected chi connectivity index (χ4v) is 5.37. The number of benzene rings is 2. The van der Waals surface area contributed by atoms with Gasteiger partial charge in [-0.1, -0.05) is 61.6 Å². The van der Waals surface area contributed by atoms with Gasteiger partial charge in [0.2, 0.25) is 0 Å². The lowest BCUT2D eigenvalue weighted by molar-refractivity contribution is 0.595. The summed E-state index contributed by atoms with van der Waals surface area (Å²) in [6, 6.07) is 16.0. The van der Waals surface area contributed by atoms with E-state index in [-0.39, 0.29) is 5.75 Å². The lowest BCUT2D eigenvalue weighted by Gasteiger charge is -2.18. The van der Waals surface area contributed by atoms with Gasteiger partial charge in [0.1, 0.15) is 0 Å². The van der Waals surface area contributed by atoms with E-state index in [1.807, 2.05) is 37.3 Å². The maximum absolute atomic E-state index is 12.6. The fraction of sp³-hybridized carbons (Fsp3) is 0.333. The highest BCUT2D eigenvalue weighted by atomic mass is 32.2. The summed E-state index contributed by atoms with van der Waals surface area (Å²) in [6.07, 6.45) is 0. The minimum Gasteiger partial charge on any atom is -0.223 e. The molecule has 118 valence electrons. The zero-order valence-corrected chi connectivity index (χ0v) is 15.6. The molecule has 0 unspecified atom stereocenters. The van der Waals surface area contributed by atoms with E-state index in [4.69, 9.17) is 0 Å². The van der Waals surface area contributed by atoms with Gasteiger partial charge in [-0.3, -0.25) is 0 Å². The van der Waals surface area contributed by atoms with E-state index in [0.717, 1.165) is 17.2 Å². The molecular weight excluding hydrogens is 308 g/mol. The third-order valence-electron chi connectivity index (χ3n) is 3.56. The van der Waals surface area contributed by atoms with Crippen LogP contribution in [0.1, 0.15) is 16.7 Å². The molecule has 2 rings (SSSR count). The Kier molecular flexibility index (Phi) is 4.92. The number of rotatable bonds is 5. The summed E-state index contributed by atoms with van der Waals surface area (Å²) in [5.41, 5.74) is 3.18. The molecule has 0 heterocycles. The summed E-state index contributed by atoms with van der Waals surface area (Å²) in [5, 5.41) is 0. The standard InChI is InChI=1S/C18H24O2SSi/c1-15-9-11-18(12-10-15)21(19,20)13-16-7-5-6-8-17(16)14-22(2,3)4/h5-12H,13-14H2,1-4H3. The monoisotopic (exact) mass is 332 g/mol. The molecule has 0 saturated heterocycles. The molecule has 0 aliphatic carbocycles. The van der Waals surface area contributed by atoms with Crippen LogP contribution in [0, 0.1) is 6.92 Å². The molecule has 0 aliphatic rings. The molecule has 0 bridgehead atoms. The van der Waals surface area contributed by atoms with Gasteiger partial charge in [-0.25, -0.2) is 8.42 Å². The molecular formula is C18H24O2SSi. The quantitative estimate of drug-likeness (QED) is 0.761. The van der Waals surface area contributed by atoms with Crippen molar-refractivity contribution in [3.8, 4) is 0 Å². The van der Waals surface area contributed by atoms with Crippen molar-refractivity contribution in [3.63, 3.8) is 0 Å². The first-order chi connectivity index (χ1) is 10.2. The number of hydrogen-bond donors (Lipinski definition) is 0. The summed E-state index contributed by atoms with van der Waals surface area (Å²) in [6.45, 7) is 8.87. The lowest BCUT2D eigenvalue weighted by atomic mass is 10.1. The predicted molar refractivity (Wildman–Crippen MR) is 95.6 cm³/mol. The van der Waals surface area contributed by atoms with Gasteiger partial charge in [-0.15, -0.1) is 0 Å². The zero-order valence-electron chi connectivity index (χ0n) is 13.8. The molecule has 0 fully saturated rings. The Bertz CT molecular complexity index is 741. The van der Waals surface area contributed by atoms with Gasteiger partial charge in [0.15, 0.2) is 9.84 Å². The normalized spacial score (nSPS) is 12.4. The van der Waals surface area contributed by atoms with Gasteiger partial charge >= 0.3 is 0 Å². The van der Waals surface area contributed by atoms with E-state index < -0.39 is 17.9 Å². The molecule has 0 aliphatic heterocycles. The van der Waals surface area contributed by atoms with Crippen molar-refractivity contribution >= 4 is 17.9 Å². The Morgan fingerprint density at radius 2 is 1.41 bits per heavy atom. The average Bonchev–Trinajstić information content (AvgIpc) is 2.39. The Morgan fingerprint density at radius 3 is 1.95 bits per heavy atom. The van der Waals surface area contributed by atoms with E-state index in [1.54, 1.807) is 12.1 Å². The summed E-state index contributed by atoms with van der Waals surface area (Å²) < 4.78 is 25.3. The van der Waals surface area contributed by atoms with Crippen LogP contribution in [0.15, 0.2) is 53.4 Å². The highest BCUT2D eigenvalue weighted by Gasteiger charge is 2.20. The van der Waals surface area contributed by atoms with E-state index in [1.165, 1.54) is 5.56 Å². The molecule has 2 aromatic rings. The second kappa shape index (κ2) is 6.38. The van der Waals surface area contributed by atoms with Crippen molar-refractivity contribution in [3.05, 3.63) is 65.2 Å².